The topological polar surface area (TPSA) is 56.8 Å². The number of methoxy groups -OCH3 is 2. The SMILES string of the molecule is CCOc1ccccc1NC(=O)/C=C/c1cccc(OC)c1OC. The van der Waals surface area contributed by atoms with E-state index in [4.69, 9.17) is 14.2 Å². The van der Waals surface area contributed by atoms with E-state index < -0.39 is 0 Å². The standard InChI is InChI=1S/C19H21NO4/c1-4-24-16-10-6-5-9-15(16)20-18(21)13-12-14-8-7-11-17(22-2)19(14)23-3/h5-13H,4H2,1-3H3,(H,20,21)/b13-12+. The van der Waals surface area contributed by atoms with E-state index in [1.165, 1.54) is 6.08 Å². The number of nitrogens with one attached hydrogen (secondary N) is 1. The Kier molecular flexibility index (Phi) is 6.25. The molecule has 0 saturated heterocycles. The summed E-state index contributed by atoms with van der Waals surface area (Å²) in [6, 6.07) is 12.8. The second-order valence-electron chi connectivity index (χ2n) is 4.83. The van der Waals surface area contributed by atoms with Crippen molar-refractivity contribution >= 4 is 17.7 Å². The molecule has 0 atom stereocenters. The summed E-state index contributed by atoms with van der Waals surface area (Å²) < 4.78 is 16.1. The van der Waals surface area contributed by atoms with Crippen molar-refractivity contribution < 1.29 is 19.0 Å². The van der Waals surface area contributed by atoms with Crippen LogP contribution in [-0.2, 0) is 4.79 Å². The summed E-state index contributed by atoms with van der Waals surface area (Å²) in [5.74, 6) is 1.58. The van der Waals surface area contributed by atoms with Gasteiger partial charge in [-0.3, -0.25) is 4.79 Å². The number of hydrogen-bond acceptors (Lipinski definition) is 4. The minimum absolute atomic E-state index is 0.257. The maximum Gasteiger partial charge on any atom is 0.248 e. The fourth-order valence-corrected chi connectivity index (χ4v) is 2.23. The van der Waals surface area contributed by atoms with Crippen molar-refractivity contribution in [2.45, 2.75) is 6.92 Å². The molecule has 0 unspecified atom stereocenters. The Labute approximate surface area is 141 Å². The van der Waals surface area contributed by atoms with Crippen LogP contribution < -0.4 is 19.5 Å². The number of benzene rings is 2. The highest BCUT2D eigenvalue weighted by molar-refractivity contribution is 6.03. The number of carbonyl (C=O) groups excluding carboxylic acids is 1. The zero-order chi connectivity index (χ0) is 17.4. The fraction of sp³-hybridized carbons (Fsp3) is 0.211. The number of anilines is 1. The van der Waals surface area contributed by atoms with Crippen LogP contribution in [0.2, 0.25) is 0 Å². The van der Waals surface area contributed by atoms with E-state index in [0.29, 0.717) is 29.5 Å². The lowest BCUT2D eigenvalue weighted by Crippen LogP contribution is -2.09. The molecule has 5 heteroatoms. The molecule has 0 aromatic heterocycles. The largest absolute Gasteiger partial charge is 0.493 e. The van der Waals surface area contributed by atoms with Gasteiger partial charge in [-0.05, 0) is 31.2 Å². The summed E-state index contributed by atoms with van der Waals surface area (Å²) in [4.78, 5) is 12.2. The smallest absolute Gasteiger partial charge is 0.248 e. The van der Waals surface area contributed by atoms with Crippen LogP contribution in [0.15, 0.2) is 48.5 Å². The molecule has 2 aromatic carbocycles. The molecular formula is C19H21NO4. The molecule has 0 saturated carbocycles. The predicted octanol–water partition coefficient (Wildman–Crippen LogP) is 3.75. The number of para-hydroxylation sites is 3. The fourth-order valence-electron chi connectivity index (χ4n) is 2.23. The Balaban J connectivity index is 2.14. The second-order valence-corrected chi connectivity index (χ2v) is 4.83. The van der Waals surface area contributed by atoms with Crippen molar-refractivity contribution in [3.63, 3.8) is 0 Å². The van der Waals surface area contributed by atoms with Crippen molar-refractivity contribution in [1.29, 1.82) is 0 Å². The first kappa shape index (κ1) is 17.4. The number of carbonyl (C=O) groups is 1. The maximum absolute atomic E-state index is 12.2. The molecule has 0 aliphatic heterocycles. The lowest BCUT2D eigenvalue weighted by Gasteiger charge is -2.11. The van der Waals surface area contributed by atoms with Gasteiger partial charge in [0.15, 0.2) is 11.5 Å². The van der Waals surface area contributed by atoms with E-state index in [0.717, 1.165) is 5.56 Å². The summed E-state index contributed by atoms with van der Waals surface area (Å²) in [5, 5.41) is 2.81. The molecular weight excluding hydrogens is 306 g/mol. The normalized spacial score (nSPS) is 10.5. The molecule has 0 bridgehead atoms. The predicted molar refractivity (Wildman–Crippen MR) is 94.8 cm³/mol. The molecule has 2 rings (SSSR count). The Morgan fingerprint density at radius 1 is 1.04 bits per heavy atom. The van der Waals surface area contributed by atoms with Crippen molar-refractivity contribution in [2.75, 3.05) is 26.1 Å². The minimum Gasteiger partial charge on any atom is -0.493 e. The van der Waals surface area contributed by atoms with Gasteiger partial charge < -0.3 is 19.5 Å². The van der Waals surface area contributed by atoms with Crippen molar-refractivity contribution in [1.82, 2.24) is 0 Å². The van der Waals surface area contributed by atoms with E-state index in [-0.39, 0.29) is 5.91 Å². The van der Waals surface area contributed by atoms with E-state index in [2.05, 4.69) is 5.32 Å². The van der Waals surface area contributed by atoms with E-state index >= 15 is 0 Å². The average Bonchev–Trinajstić information content (AvgIpc) is 2.61. The average molecular weight is 327 g/mol. The van der Waals surface area contributed by atoms with Crippen molar-refractivity contribution in [3.05, 3.63) is 54.1 Å². The minimum atomic E-state index is -0.257. The van der Waals surface area contributed by atoms with Crippen LogP contribution in [0.4, 0.5) is 5.69 Å². The summed E-state index contributed by atoms with van der Waals surface area (Å²) >= 11 is 0. The van der Waals surface area contributed by atoms with Crippen LogP contribution in [-0.4, -0.2) is 26.7 Å². The molecule has 5 nitrogen and oxygen atoms in total. The Morgan fingerprint density at radius 2 is 1.79 bits per heavy atom. The molecule has 1 amide bonds. The monoisotopic (exact) mass is 327 g/mol. The van der Waals surface area contributed by atoms with Crippen LogP contribution in [0.1, 0.15) is 12.5 Å². The van der Waals surface area contributed by atoms with Gasteiger partial charge >= 0.3 is 0 Å². The Bertz CT molecular complexity index is 725. The zero-order valence-electron chi connectivity index (χ0n) is 14.0. The van der Waals surface area contributed by atoms with Gasteiger partial charge in [-0.15, -0.1) is 0 Å². The highest BCUT2D eigenvalue weighted by atomic mass is 16.5. The number of amides is 1. The zero-order valence-corrected chi connectivity index (χ0v) is 14.0. The van der Waals surface area contributed by atoms with Crippen LogP contribution in [0.3, 0.4) is 0 Å². The van der Waals surface area contributed by atoms with E-state index in [9.17, 15) is 4.79 Å². The lowest BCUT2D eigenvalue weighted by molar-refractivity contribution is -0.111. The molecule has 0 aliphatic carbocycles. The van der Waals surface area contributed by atoms with Crippen molar-refractivity contribution in [2.24, 2.45) is 0 Å². The molecule has 0 heterocycles. The third kappa shape index (κ3) is 4.29. The highest BCUT2D eigenvalue weighted by Crippen LogP contribution is 2.31. The molecule has 0 spiro atoms. The van der Waals surface area contributed by atoms with Crippen LogP contribution in [0.5, 0.6) is 17.2 Å². The Hall–Kier alpha value is -2.95. The molecule has 2 aromatic rings. The van der Waals surface area contributed by atoms with E-state index in [1.54, 1.807) is 32.4 Å². The summed E-state index contributed by atoms with van der Waals surface area (Å²) in [7, 11) is 3.14. The molecule has 0 fully saturated rings. The van der Waals surface area contributed by atoms with E-state index in [1.807, 2.05) is 37.3 Å². The first-order valence-corrected chi connectivity index (χ1v) is 7.61. The molecule has 126 valence electrons. The summed E-state index contributed by atoms with van der Waals surface area (Å²) in [6.07, 6.45) is 3.12. The maximum atomic E-state index is 12.2. The van der Waals surface area contributed by atoms with Gasteiger partial charge in [0.05, 0.1) is 26.5 Å². The second kappa shape index (κ2) is 8.62. The van der Waals surface area contributed by atoms with Gasteiger partial charge in [0.25, 0.3) is 0 Å². The first-order chi connectivity index (χ1) is 11.7. The van der Waals surface area contributed by atoms with Gasteiger partial charge in [0.1, 0.15) is 5.75 Å². The van der Waals surface area contributed by atoms with Gasteiger partial charge in [0.2, 0.25) is 5.91 Å². The lowest BCUT2D eigenvalue weighted by atomic mass is 10.1. The summed E-state index contributed by atoms with van der Waals surface area (Å²) in [6.45, 7) is 2.43. The van der Waals surface area contributed by atoms with Gasteiger partial charge in [-0.2, -0.15) is 0 Å². The van der Waals surface area contributed by atoms with Crippen LogP contribution in [0.25, 0.3) is 6.08 Å². The number of ether oxygens (including phenoxy) is 3. The van der Waals surface area contributed by atoms with Gasteiger partial charge in [0, 0.05) is 11.6 Å². The quantitative estimate of drug-likeness (QED) is 0.787. The third-order valence-electron chi connectivity index (χ3n) is 3.29. The molecule has 0 radical (unpaired) electrons. The highest BCUT2D eigenvalue weighted by Gasteiger charge is 2.08. The molecule has 24 heavy (non-hydrogen) atoms. The molecule has 1 N–H and O–H groups in total. The summed E-state index contributed by atoms with van der Waals surface area (Å²) in [5.41, 5.74) is 1.39. The van der Waals surface area contributed by atoms with Crippen LogP contribution >= 0.6 is 0 Å². The van der Waals surface area contributed by atoms with Crippen LogP contribution in [0, 0.1) is 0 Å². The van der Waals surface area contributed by atoms with Crippen molar-refractivity contribution in [3.8, 4) is 17.2 Å². The van der Waals surface area contributed by atoms with Gasteiger partial charge in [-0.25, -0.2) is 0 Å². The Morgan fingerprint density at radius 3 is 2.50 bits per heavy atom. The van der Waals surface area contributed by atoms with Gasteiger partial charge in [-0.1, -0.05) is 24.3 Å². The molecule has 0 aliphatic rings. The number of hydrogen-bond donors (Lipinski definition) is 1. The first-order valence-electron chi connectivity index (χ1n) is 7.61. The number of rotatable bonds is 7. The third-order valence-corrected chi connectivity index (χ3v) is 3.29.